The Morgan fingerprint density at radius 1 is 1.36 bits per heavy atom. The number of nitrogens with zero attached hydrogens (tertiary/aromatic N) is 3. The highest BCUT2D eigenvalue weighted by Crippen LogP contribution is 2.35. The summed E-state index contributed by atoms with van der Waals surface area (Å²) in [5.74, 6) is -0.899. The van der Waals surface area contributed by atoms with Crippen LogP contribution in [0.5, 0.6) is 0 Å². The Morgan fingerprint density at radius 3 is 2.82 bits per heavy atom. The van der Waals surface area contributed by atoms with Gasteiger partial charge in [-0.25, -0.2) is 8.78 Å². The van der Waals surface area contributed by atoms with Crippen LogP contribution in [-0.4, -0.2) is 32.4 Å². The van der Waals surface area contributed by atoms with Crippen molar-refractivity contribution in [1.82, 2.24) is 14.7 Å². The Balaban J connectivity index is 1.89. The van der Waals surface area contributed by atoms with Crippen LogP contribution >= 0.6 is 0 Å². The Labute approximate surface area is 128 Å². The molecule has 0 amide bonds. The third kappa shape index (κ3) is 2.76. The average Bonchev–Trinajstić information content (AvgIpc) is 2.99. The summed E-state index contributed by atoms with van der Waals surface area (Å²) in [7, 11) is 1.86. The van der Waals surface area contributed by atoms with Crippen molar-refractivity contribution < 1.29 is 13.9 Å². The average molecular weight is 307 g/mol. The van der Waals surface area contributed by atoms with Crippen molar-refractivity contribution in [3.8, 4) is 0 Å². The molecular weight excluding hydrogens is 288 g/mol. The van der Waals surface area contributed by atoms with Gasteiger partial charge in [-0.05, 0) is 31.5 Å². The van der Waals surface area contributed by atoms with Gasteiger partial charge in [-0.1, -0.05) is 0 Å². The second-order valence-corrected chi connectivity index (χ2v) is 5.88. The molecule has 1 N–H and O–H groups in total. The Hall–Kier alpha value is -1.79. The minimum Gasteiger partial charge on any atom is -0.392 e. The van der Waals surface area contributed by atoms with Crippen LogP contribution in [0.3, 0.4) is 0 Å². The van der Waals surface area contributed by atoms with Crippen LogP contribution in [-0.2, 0) is 13.6 Å². The van der Waals surface area contributed by atoms with Gasteiger partial charge in [-0.2, -0.15) is 5.10 Å². The van der Waals surface area contributed by atoms with Gasteiger partial charge in [0, 0.05) is 43.0 Å². The molecule has 4 nitrogen and oxygen atoms in total. The van der Waals surface area contributed by atoms with Crippen LogP contribution in [0.15, 0.2) is 24.4 Å². The molecule has 1 aliphatic heterocycles. The number of rotatable bonds is 3. The van der Waals surface area contributed by atoms with E-state index in [0.29, 0.717) is 25.1 Å². The fourth-order valence-electron chi connectivity index (χ4n) is 3.07. The molecule has 1 aromatic carbocycles. The van der Waals surface area contributed by atoms with Crippen LogP contribution in [0.4, 0.5) is 8.78 Å². The smallest absolute Gasteiger partial charge is 0.128 e. The molecule has 22 heavy (non-hydrogen) atoms. The van der Waals surface area contributed by atoms with Gasteiger partial charge >= 0.3 is 0 Å². The molecule has 1 aliphatic rings. The van der Waals surface area contributed by atoms with Gasteiger partial charge in [-0.15, -0.1) is 0 Å². The molecule has 2 aromatic rings. The highest BCUT2D eigenvalue weighted by Gasteiger charge is 2.34. The molecule has 2 atom stereocenters. The molecule has 1 aromatic heterocycles. The van der Waals surface area contributed by atoms with Gasteiger partial charge in [0.15, 0.2) is 0 Å². The summed E-state index contributed by atoms with van der Waals surface area (Å²) < 4.78 is 29.3. The number of hydrogen-bond donors (Lipinski definition) is 1. The van der Waals surface area contributed by atoms with Crippen molar-refractivity contribution in [3.05, 3.63) is 52.9 Å². The molecule has 2 heterocycles. The number of aliphatic hydroxyl groups excluding tert-OH is 1. The maximum absolute atomic E-state index is 14.1. The largest absolute Gasteiger partial charge is 0.392 e. The molecule has 0 unspecified atom stereocenters. The molecular formula is C16H19F2N3O. The van der Waals surface area contributed by atoms with Gasteiger partial charge in [-0.3, -0.25) is 9.58 Å². The molecule has 118 valence electrons. The second-order valence-electron chi connectivity index (χ2n) is 5.88. The number of aliphatic hydroxyl groups is 1. The summed E-state index contributed by atoms with van der Waals surface area (Å²) in [4.78, 5) is 1.98. The van der Waals surface area contributed by atoms with Crippen LogP contribution in [0.2, 0.25) is 0 Å². The van der Waals surface area contributed by atoms with E-state index < -0.39 is 17.7 Å². The van der Waals surface area contributed by atoms with Gasteiger partial charge in [0.05, 0.1) is 12.3 Å². The second kappa shape index (κ2) is 5.78. The molecule has 0 bridgehead atoms. The zero-order chi connectivity index (χ0) is 15.9. The van der Waals surface area contributed by atoms with Gasteiger partial charge in [0.2, 0.25) is 0 Å². The summed E-state index contributed by atoms with van der Waals surface area (Å²) in [6, 6.07) is 3.15. The van der Waals surface area contributed by atoms with Gasteiger partial charge in [0.25, 0.3) is 0 Å². The molecule has 1 fully saturated rings. The monoisotopic (exact) mass is 307 g/mol. The lowest BCUT2D eigenvalue weighted by Crippen LogP contribution is -2.25. The van der Waals surface area contributed by atoms with Crippen molar-refractivity contribution in [2.24, 2.45) is 7.05 Å². The Bertz CT molecular complexity index is 686. The van der Waals surface area contributed by atoms with E-state index in [4.69, 9.17) is 0 Å². The SMILES string of the molecule is Cc1c(CN2C[C@@H](O)C[C@H]2c2cc(F)ccc2F)cnn1C. The molecule has 0 spiro atoms. The standard InChI is InChI=1S/C16H19F2N3O/c1-10-11(7-19-20(10)2)8-21-9-13(22)6-16(21)14-5-12(17)3-4-15(14)18/h3-5,7,13,16,22H,6,8-9H2,1-2H3/t13-,16-/m0/s1. The zero-order valence-corrected chi connectivity index (χ0v) is 12.6. The number of benzene rings is 1. The fourth-order valence-corrected chi connectivity index (χ4v) is 3.07. The van der Waals surface area contributed by atoms with E-state index in [0.717, 1.165) is 23.4 Å². The third-order valence-corrected chi connectivity index (χ3v) is 4.41. The van der Waals surface area contributed by atoms with E-state index in [1.807, 2.05) is 18.9 Å². The lowest BCUT2D eigenvalue weighted by Gasteiger charge is -2.24. The van der Waals surface area contributed by atoms with Crippen LogP contribution in [0.1, 0.15) is 29.3 Å². The van der Waals surface area contributed by atoms with E-state index in [2.05, 4.69) is 5.10 Å². The number of halogens is 2. The molecule has 0 saturated carbocycles. The zero-order valence-electron chi connectivity index (χ0n) is 12.6. The minimum atomic E-state index is -0.537. The van der Waals surface area contributed by atoms with E-state index in [-0.39, 0.29) is 6.04 Å². The fraction of sp³-hybridized carbons (Fsp3) is 0.438. The van der Waals surface area contributed by atoms with E-state index in [1.165, 1.54) is 6.07 Å². The van der Waals surface area contributed by atoms with Crippen LogP contribution < -0.4 is 0 Å². The minimum absolute atomic E-state index is 0.304. The quantitative estimate of drug-likeness (QED) is 0.946. The van der Waals surface area contributed by atoms with E-state index >= 15 is 0 Å². The van der Waals surface area contributed by atoms with Crippen LogP contribution in [0, 0.1) is 18.6 Å². The van der Waals surface area contributed by atoms with E-state index in [1.54, 1.807) is 10.9 Å². The lowest BCUT2D eigenvalue weighted by molar-refractivity contribution is 0.172. The van der Waals surface area contributed by atoms with E-state index in [9.17, 15) is 13.9 Å². The number of likely N-dealkylation sites (tertiary alicyclic amines) is 1. The predicted octanol–water partition coefficient (Wildman–Crippen LogP) is 2.31. The molecule has 0 radical (unpaired) electrons. The first-order chi connectivity index (χ1) is 10.5. The molecule has 1 saturated heterocycles. The van der Waals surface area contributed by atoms with Gasteiger partial charge in [0.1, 0.15) is 11.6 Å². The van der Waals surface area contributed by atoms with Crippen molar-refractivity contribution in [2.45, 2.75) is 32.0 Å². The number of aryl methyl sites for hydroxylation is 1. The third-order valence-electron chi connectivity index (χ3n) is 4.41. The highest BCUT2D eigenvalue weighted by atomic mass is 19.1. The molecule has 6 heteroatoms. The maximum atomic E-state index is 14.1. The lowest BCUT2D eigenvalue weighted by atomic mass is 10.0. The first kappa shape index (κ1) is 15.1. The summed E-state index contributed by atoms with van der Waals surface area (Å²) in [6.45, 7) is 2.96. The summed E-state index contributed by atoms with van der Waals surface area (Å²) in [5.41, 5.74) is 2.36. The Morgan fingerprint density at radius 2 is 2.14 bits per heavy atom. The number of β-amino-alcohol motifs (C(OH)–C–C–N with tert-alkyl or cyclic N) is 1. The number of aromatic nitrogens is 2. The summed E-state index contributed by atoms with van der Waals surface area (Å²) >= 11 is 0. The topological polar surface area (TPSA) is 41.3 Å². The van der Waals surface area contributed by atoms with Crippen molar-refractivity contribution >= 4 is 0 Å². The highest BCUT2D eigenvalue weighted by molar-refractivity contribution is 5.25. The first-order valence-electron chi connectivity index (χ1n) is 7.30. The maximum Gasteiger partial charge on any atom is 0.128 e. The summed E-state index contributed by atoms with van der Waals surface area (Å²) in [5, 5.41) is 14.2. The molecule has 0 aliphatic carbocycles. The van der Waals surface area contributed by atoms with Crippen molar-refractivity contribution in [1.29, 1.82) is 0 Å². The van der Waals surface area contributed by atoms with Gasteiger partial charge < -0.3 is 5.11 Å². The predicted molar refractivity (Wildman–Crippen MR) is 78.1 cm³/mol. The number of hydrogen-bond acceptors (Lipinski definition) is 3. The van der Waals surface area contributed by atoms with Crippen molar-refractivity contribution in [3.63, 3.8) is 0 Å². The summed E-state index contributed by atoms with van der Waals surface area (Å²) in [6.07, 6.45) is 1.64. The normalized spacial score (nSPS) is 22.4. The van der Waals surface area contributed by atoms with Crippen molar-refractivity contribution in [2.75, 3.05) is 6.54 Å². The molecule has 3 rings (SSSR count). The first-order valence-corrected chi connectivity index (χ1v) is 7.30. The van der Waals surface area contributed by atoms with Crippen LogP contribution in [0.25, 0.3) is 0 Å². The Kier molecular flexibility index (Phi) is 3.97.